The highest BCUT2D eigenvalue weighted by Gasteiger charge is 2.42. The van der Waals surface area contributed by atoms with Crippen LogP contribution in [-0.2, 0) is 0 Å². The topological polar surface area (TPSA) is 98.3 Å². The quantitative estimate of drug-likeness (QED) is 0.487. The summed E-state index contributed by atoms with van der Waals surface area (Å²) in [6.07, 6.45) is 4.18. The highest BCUT2D eigenvalue weighted by Crippen LogP contribution is 2.46. The van der Waals surface area contributed by atoms with Gasteiger partial charge in [0.2, 0.25) is 0 Å². The third kappa shape index (κ3) is 2.98. The van der Waals surface area contributed by atoms with E-state index < -0.39 is 4.92 Å². The molecule has 0 aliphatic heterocycles. The minimum absolute atomic E-state index is 0.134. The number of nitrogens with two attached hydrogens (primary N) is 1. The van der Waals surface area contributed by atoms with E-state index >= 15 is 0 Å². The number of non-ortho nitro benzene ring substituents is 1. The van der Waals surface area contributed by atoms with Gasteiger partial charge in [-0.2, -0.15) is 11.8 Å². The zero-order chi connectivity index (χ0) is 14.0. The molecule has 6 nitrogen and oxygen atoms in total. The number of hydrogen-bond donors (Lipinski definition) is 2. The molecule has 19 heavy (non-hydrogen) atoms. The van der Waals surface area contributed by atoms with Gasteiger partial charge in [0.1, 0.15) is 0 Å². The minimum atomic E-state index is -0.541. The summed E-state index contributed by atoms with van der Waals surface area (Å²) < 4.78 is 0.144. The monoisotopic (exact) mass is 281 g/mol. The van der Waals surface area contributed by atoms with Crippen molar-refractivity contribution in [2.45, 2.75) is 17.6 Å². The Bertz CT molecular complexity index is 529. The SMILES string of the molecule is CSC1(CNC(=O)c2cc([N+](=O)[O-])ccc2N)CC1. The van der Waals surface area contributed by atoms with E-state index in [-0.39, 0.29) is 27.6 Å². The largest absolute Gasteiger partial charge is 0.398 e. The summed E-state index contributed by atoms with van der Waals surface area (Å²) in [6.45, 7) is 0.565. The van der Waals surface area contributed by atoms with Crippen molar-refractivity contribution in [2.24, 2.45) is 0 Å². The van der Waals surface area contributed by atoms with Crippen molar-refractivity contribution in [3.63, 3.8) is 0 Å². The van der Waals surface area contributed by atoms with Gasteiger partial charge >= 0.3 is 0 Å². The van der Waals surface area contributed by atoms with E-state index in [9.17, 15) is 14.9 Å². The Hall–Kier alpha value is -1.76. The normalized spacial score (nSPS) is 15.8. The first-order chi connectivity index (χ1) is 8.97. The van der Waals surface area contributed by atoms with E-state index in [1.165, 1.54) is 18.2 Å². The van der Waals surface area contributed by atoms with Crippen LogP contribution >= 0.6 is 11.8 Å². The van der Waals surface area contributed by atoms with Crippen LogP contribution in [0.1, 0.15) is 23.2 Å². The van der Waals surface area contributed by atoms with Crippen LogP contribution in [0.25, 0.3) is 0 Å². The van der Waals surface area contributed by atoms with E-state index in [1.54, 1.807) is 11.8 Å². The Labute approximate surface area is 114 Å². The zero-order valence-corrected chi connectivity index (χ0v) is 11.3. The molecular formula is C12H15N3O3S. The lowest BCUT2D eigenvalue weighted by atomic mass is 10.1. The standard InChI is InChI=1S/C12H15N3O3S/c1-19-12(4-5-12)7-14-11(16)9-6-8(15(17)18)2-3-10(9)13/h2-3,6H,4-5,7,13H2,1H3,(H,14,16). The van der Waals surface area contributed by atoms with Crippen LogP contribution in [-0.4, -0.2) is 28.4 Å². The molecule has 0 saturated heterocycles. The van der Waals surface area contributed by atoms with Crippen molar-refractivity contribution in [1.29, 1.82) is 0 Å². The lowest BCUT2D eigenvalue weighted by Gasteiger charge is -2.13. The molecule has 1 saturated carbocycles. The van der Waals surface area contributed by atoms with Crippen molar-refractivity contribution in [3.05, 3.63) is 33.9 Å². The Balaban J connectivity index is 2.10. The van der Waals surface area contributed by atoms with Crippen LogP contribution in [0.2, 0.25) is 0 Å². The van der Waals surface area contributed by atoms with Gasteiger partial charge in [-0.05, 0) is 25.2 Å². The Morgan fingerprint density at radius 1 is 1.58 bits per heavy atom. The molecule has 1 aliphatic carbocycles. The number of carbonyl (C=O) groups excluding carboxylic acids is 1. The average molecular weight is 281 g/mol. The van der Waals surface area contributed by atoms with Gasteiger partial charge in [-0.25, -0.2) is 0 Å². The smallest absolute Gasteiger partial charge is 0.270 e. The maximum atomic E-state index is 12.0. The van der Waals surface area contributed by atoms with Gasteiger partial charge in [0.05, 0.1) is 10.5 Å². The predicted molar refractivity (Wildman–Crippen MR) is 75.3 cm³/mol. The summed E-state index contributed by atoms with van der Waals surface area (Å²) in [5.74, 6) is -0.360. The number of benzene rings is 1. The molecule has 1 aromatic carbocycles. The van der Waals surface area contributed by atoms with Crippen LogP contribution in [0.5, 0.6) is 0 Å². The highest BCUT2D eigenvalue weighted by molar-refractivity contribution is 8.00. The van der Waals surface area contributed by atoms with Gasteiger partial charge < -0.3 is 11.1 Å². The van der Waals surface area contributed by atoms with Crippen molar-refractivity contribution >= 4 is 29.0 Å². The van der Waals surface area contributed by atoms with Crippen LogP contribution in [0.15, 0.2) is 18.2 Å². The van der Waals surface area contributed by atoms with Gasteiger partial charge in [0, 0.05) is 29.1 Å². The number of nitro groups is 1. The van der Waals surface area contributed by atoms with Crippen LogP contribution in [0, 0.1) is 10.1 Å². The molecule has 1 fully saturated rings. The molecule has 1 amide bonds. The summed E-state index contributed by atoms with van der Waals surface area (Å²) in [7, 11) is 0. The summed E-state index contributed by atoms with van der Waals surface area (Å²) in [4.78, 5) is 22.2. The Morgan fingerprint density at radius 3 is 2.79 bits per heavy atom. The number of hydrogen-bond acceptors (Lipinski definition) is 5. The number of carbonyl (C=O) groups is 1. The van der Waals surface area contributed by atoms with E-state index in [0.29, 0.717) is 6.54 Å². The molecule has 102 valence electrons. The maximum Gasteiger partial charge on any atom is 0.270 e. The van der Waals surface area contributed by atoms with E-state index in [2.05, 4.69) is 5.32 Å². The first-order valence-electron chi connectivity index (χ1n) is 5.85. The summed E-state index contributed by atoms with van der Waals surface area (Å²) in [5, 5.41) is 13.5. The van der Waals surface area contributed by atoms with Crippen LogP contribution in [0.4, 0.5) is 11.4 Å². The number of thioether (sulfide) groups is 1. The number of nitrogens with zero attached hydrogens (tertiary/aromatic N) is 1. The van der Waals surface area contributed by atoms with Gasteiger partial charge in [0.25, 0.3) is 11.6 Å². The summed E-state index contributed by atoms with van der Waals surface area (Å²) in [6, 6.07) is 3.88. The molecular weight excluding hydrogens is 266 g/mol. The number of amides is 1. The second-order valence-electron chi connectivity index (χ2n) is 4.60. The number of rotatable bonds is 5. The summed E-state index contributed by atoms with van der Waals surface area (Å²) >= 11 is 1.73. The molecule has 3 N–H and O–H groups in total. The fraction of sp³-hybridized carbons (Fsp3) is 0.417. The molecule has 1 aromatic rings. The van der Waals surface area contributed by atoms with Crippen molar-refractivity contribution < 1.29 is 9.72 Å². The number of nitrogen functional groups attached to an aromatic ring is 1. The number of nitro benzene ring substituents is 1. The Morgan fingerprint density at radius 2 is 2.26 bits per heavy atom. The van der Waals surface area contributed by atoms with Gasteiger partial charge in [-0.1, -0.05) is 0 Å². The molecule has 0 atom stereocenters. The number of nitrogens with one attached hydrogen (secondary N) is 1. The Kier molecular flexibility index (Phi) is 3.66. The van der Waals surface area contributed by atoms with Gasteiger partial charge in [0.15, 0.2) is 0 Å². The van der Waals surface area contributed by atoms with Crippen LogP contribution < -0.4 is 11.1 Å². The molecule has 0 spiro atoms. The molecule has 0 heterocycles. The molecule has 1 aliphatic rings. The lowest BCUT2D eigenvalue weighted by Crippen LogP contribution is -2.32. The predicted octanol–water partition coefficient (Wildman–Crippen LogP) is 1.80. The van der Waals surface area contributed by atoms with Gasteiger partial charge in [-0.3, -0.25) is 14.9 Å². The van der Waals surface area contributed by atoms with Crippen molar-refractivity contribution in [3.8, 4) is 0 Å². The molecule has 0 bridgehead atoms. The highest BCUT2D eigenvalue weighted by atomic mass is 32.2. The first-order valence-corrected chi connectivity index (χ1v) is 7.07. The first kappa shape index (κ1) is 13.7. The molecule has 0 aromatic heterocycles. The van der Waals surface area contributed by atoms with E-state index in [4.69, 9.17) is 5.73 Å². The maximum absolute atomic E-state index is 12.0. The zero-order valence-electron chi connectivity index (χ0n) is 10.5. The molecule has 0 unspecified atom stereocenters. The molecule has 2 rings (SSSR count). The summed E-state index contributed by atoms with van der Waals surface area (Å²) in [5.41, 5.74) is 5.96. The molecule has 7 heteroatoms. The second-order valence-corrected chi connectivity index (χ2v) is 5.87. The third-order valence-corrected chi connectivity index (χ3v) is 4.72. The van der Waals surface area contributed by atoms with E-state index in [0.717, 1.165) is 12.8 Å². The third-order valence-electron chi connectivity index (χ3n) is 3.30. The fourth-order valence-corrected chi connectivity index (χ4v) is 2.51. The second kappa shape index (κ2) is 5.08. The minimum Gasteiger partial charge on any atom is -0.398 e. The lowest BCUT2D eigenvalue weighted by molar-refractivity contribution is -0.384. The number of anilines is 1. The fourth-order valence-electron chi connectivity index (χ4n) is 1.78. The van der Waals surface area contributed by atoms with Crippen LogP contribution in [0.3, 0.4) is 0 Å². The molecule has 0 radical (unpaired) electrons. The van der Waals surface area contributed by atoms with E-state index in [1.807, 2.05) is 6.26 Å². The average Bonchev–Trinajstić information content (AvgIpc) is 3.17. The van der Waals surface area contributed by atoms with Gasteiger partial charge in [-0.15, -0.1) is 0 Å². The van der Waals surface area contributed by atoms with Crippen molar-refractivity contribution in [2.75, 3.05) is 18.5 Å². The van der Waals surface area contributed by atoms with Crippen molar-refractivity contribution in [1.82, 2.24) is 5.32 Å².